The van der Waals surface area contributed by atoms with Gasteiger partial charge >= 0.3 is 0 Å². The molecule has 2 rings (SSSR count). The number of rotatable bonds is 5. The number of nitrogens with zero attached hydrogens (tertiary/aromatic N) is 2. The van der Waals surface area contributed by atoms with E-state index in [2.05, 4.69) is 4.90 Å². The molecule has 1 heterocycles. The lowest BCUT2D eigenvalue weighted by Crippen LogP contribution is -2.35. The average molecular weight is 282 g/mol. The van der Waals surface area contributed by atoms with E-state index in [0.29, 0.717) is 18.0 Å². The van der Waals surface area contributed by atoms with Crippen molar-refractivity contribution < 1.29 is 14.4 Å². The summed E-state index contributed by atoms with van der Waals surface area (Å²) in [7, 11) is 0. The van der Waals surface area contributed by atoms with Crippen LogP contribution in [0.15, 0.2) is 18.2 Å². The predicted octanol–water partition coefficient (Wildman–Crippen LogP) is 2.33. The summed E-state index contributed by atoms with van der Waals surface area (Å²) in [5.41, 5.74) is 0.422. The first-order chi connectivity index (χ1) is 9.58. The maximum Gasteiger partial charge on any atom is 0.272 e. The number of aliphatic hydroxyl groups is 1. The van der Waals surface area contributed by atoms with Crippen molar-refractivity contribution in [3.63, 3.8) is 0 Å². The van der Waals surface area contributed by atoms with Gasteiger partial charge in [-0.05, 0) is 43.4 Å². The Morgan fingerprint density at radius 1 is 1.45 bits per heavy atom. The fourth-order valence-electron chi connectivity index (χ4n) is 2.80. The standard InChI is InChI=1S/C14H19FN2O3/c15-13-6-12(7-14(8-13)17(19)20)10-16-4-1-2-11(9-16)3-5-18/h6-8,11,18H,1-5,9-10H2. The van der Waals surface area contributed by atoms with Crippen LogP contribution in [0, 0.1) is 21.8 Å². The van der Waals surface area contributed by atoms with E-state index in [-0.39, 0.29) is 12.3 Å². The first-order valence-corrected chi connectivity index (χ1v) is 6.85. The van der Waals surface area contributed by atoms with Crippen LogP contribution in [0.2, 0.25) is 0 Å². The van der Waals surface area contributed by atoms with Crippen LogP contribution in [0.5, 0.6) is 0 Å². The third-order valence-electron chi connectivity index (χ3n) is 3.70. The minimum atomic E-state index is -0.572. The Bertz CT molecular complexity index is 479. The van der Waals surface area contributed by atoms with Gasteiger partial charge in [0.05, 0.1) is 11.0 Å². The second-order valence-electron chi connectivity index (χ2n) is 5.33. The minimum absolute atomic E-state index is 0.184. The third kappa shape index (κ3) is 3.98. The number of aliphatic hydroxyl groups excluding tert-OH is 1. The fraction of sp³-hybridized carbons (Fsp3) is 0.571. The molecule has 0 amide bonds. The topological polar surface area (TPSA) is 66.6 Å². The summed E-state index contributed by atoms with van der Waals surface area (Å²) in [5.74, 6) is -0.115. The van der Waals surface area contributed by atoms with Crippen LogP contribution in [0.3, 0.4) is 0 Å². The first-order valence-electron chi connectivity index (χ1n) is 6.85. The highest BCUT2D eigenvalue weighted by Gasteiger charge is 2.20. The Hall–Kier alpha value is -1.53. The van der Waals surface area contributed by atoms with E-state index in [1.54, 1.807) is 0 Å². The number of piperidine rings is 1. The Balaban J connectivity index is 2.03. The molecule has 1 aliphatic rings. The highest BCUT2D eigenvalue weighted by Crippen LogP contribution is 2.23. The molecule has 1 saturated heterocycles. The van der Waals surface area contributed by atoms with Crippen LogP contribution < -0.4 is 0 Å². The SMILES string of the molecule is O=[N+]([O-])c1cc(F)cc(CN2CCCC(CCO)C2)c1. The number of likely N-dealkylation sites (tertiary alicyclic amines) is 1. The molecule has 1 atom stereocenters. The lowest BCUT2D eigenvalue weighted by molar-refractivity contribution is -0.385. The largest absolute Gasteiger partial charge is 0.396 e. The van der Waals surface area contributed by atoms with E-state index in [1.807, 2.05) is 0 Å². The zero-order chi connectivity index (χ0) is 14.5. The van der Waals surface area contributed by atoms with Crippen LogP contribution in [-0.4, -0.2) is 34.6 Å². The summed E-state index contributed by atoms with van der Waals surface area (Å²) in [4.78, 5) is 12.3. The monoisotopic (exact) mass is 282 g/mol. The van der Waals surface area contributed by atoms with Gasteiger partial charge in [0.1, 0.15) is 5.82 Å². The van der Waals surface area contributed by atoms with Crippen molar-refractivity contribution >= 4 is 5.69 Å². The van der Waals surface area contributed by atoms with E-state index in [1.165, 1.54) is 12.1 Å². The summed E-state index contributed by atoms with van der Waals surface area (Å²) >= 11 is 0. The molecule has 1 aromatic carbocycles. The first kappa shape index (κ1) is 14.9. The summed E-state index contributed by atoms with van der Waals surface area (Å²) in [5, 5.41) is 19.7. The fourth-order valence-corrected chi connectivity index (χ4v) is 2.80. The normalized spacial score (nSPS) is 20.0. The number of non-ortho nitro benzene ring substituents is 1. The molecule has 1 aliphatic heterocycles. The van der Waals surface area contributed by atoms with E-state index in [0.717, 1.165) is 38.4 Å². The number of nitro groups is 1. The Labute approximate surface area is 117 Å². The number of hydrogen-bond donors (Lipinski definition) is 1. The smallest absolute Gasteiger partial charge is 0.272 e. The van der Waals surface area contributed by atoms with Gasteiger partial charge in [0.25, 0.3) is 5.69 Å². The lowest BCUT2D eigenvalue weighted by atomic mass is 9.95. The molecule has 1 N–H and O–H groups in total. The maximum absolute atomic E-state index is 13.4. The van der Waals surface area contributed by atoms with Gasteiger partial charge in [-0.25, -0.2) is 4.39 Å². The zero-order valence-corrected chi connectivity index (χ0v) is 11.3. The molecule has 0 radical (unpaired) electrons. The summed E-state index contributed by atoms with van der Waals surface area (Å²) in [6.07, 6.45) is 2.92. The Morgan fingerprint density at radius 2 is 2.25 bits per heavy atom. The molecule has 0 aromatic heterocycles. The molecule has 0 saturated carbocycles. The van der Waals surface area contributed by atoms with Crippen molar-refractivity contribution in [1.82, 2.24) is 4.90 Å². The number of nitro benzene ring substituents is 1. The van der Waals surface area contributed by atoms with E-state index >= 15 is 0 Å². The Kier molecular flexibility index (Phi) is 5.03. The highest BCUT2D eigenvalue weighted by atomic mass is 19.1. The van der Waals surface area contributed by atoms with Gasteiger partial charge in [-0.3, -0.25) is 15.0 Å². The van der Waals surface area contributed by atoms with Crippen molar-refractivity contribution in [3.8, 4) is 0 Å². The van der Waals surface area contributed by atoms with Crippen LogP contribution in [0.25, 0.3) is 0 Å². The molecule has 1 fully saturated rings. The van der Waals surface area contributed by atoms with E-state index in [4.69, 9.17) is 5.11 Å². The van der Waals surface area contributed by atoms with E-state index < -0.39 is 10.7 Å². The lowest BCUT2D eigenvalue weighted by Gasteiger charge is -2.32. The van der Waals surface area contributed by atoms with Crippen molar-refractivity contribution in [1.29, 1.82) is 0 Å². The van der Waals surface area contributed by atoms with Crippen molar-refractivity contribution in [3.05, 3.63) is 39.7 Å². The van der Waals surface area contributed by atoms with Crippen molar-refractivity contribution in [2.75, 3.05) is 19.7 Å². The molecule has 20 heavy (non-hydrogen) atoms. The van der Waals surface area contributed by atoms with E-state index in [9.17, 15) is 14.5 Å². The van der Waals surface area contributed by atoms with Crippen LogP contribution >= 0.6 is 0 Å². The van der Waals surface area contributed by atoms with Crippen LogP contribution in [0.4, 0.5) is 10.1 Å². The number of halogens is 1. The van der Waals surface area contributed by atoms with Crippen LogP contribution in [-0.2, 0) is 6.54 Å². The molecule has 6 heteroatoms. The predicted molar refractivity (Wildman–Crippen MR) is 72.8 cm³/mol. The molecule has 0 spiro atoms. The number of benzene rings is 1. The molecular formula is C14H19FN2O3. The zero-order valence-electron chi connectivity index (χ0n) is 11.3. The summed E-state index contributed by atoms with van der Waals surface area (Å²) in [6, 6.07) is 3.72. The van der Waals surface area contributed by atoms with Gasteiger partial charge in [0.15, 0.2) is 0 Å². The molecular weight excluding hydrogens is 263 g/mol. The minimum Gasteiger partial charge on any atom is -0.396 e. The Morgan fingerprint density at radius 3 is 2.95 bits per heavy atom. The van der Waals surface area contributed by atoms with Gasteiger partial charge < -0.3 is 5.11 Å². The van der Waals surface area contributed by atoms with Gasteiger partial charge in [-0.15, -0.1) is 0 Å². The molecule has 1 aromatic rings. The highest BCUT2D eigenvalue weighted by molar-refractivity contribution is 5.35. The van der Waals surface area contributed by atoms with Gasteiger partial charge in [-0.2, -0.15) is 0 Å². The quantitative estimate of drug-likeness (QED) is 0.665. The molecule has 1 unspecified atom stereocenters. The molecule has 110 valence electrons. The van der Waals surface area contributed by atoms with Gasteiger partial charge in [-0.1, -0.05) is 0 Å². The summed E-state index contributed by atoms with van der Waals surface area (Å²) < 4.78 is 13.4. The molecule has 0 aliphatic carbocycles. The van der Waals surface area contributed by atoms with Crippen molar-refractivity contribution in [2.24, 2.45) is 5.92 Å². The average Bonchev–Trinajstić information content (AvgIpc) is 2.38. The molecule has 0 bridgehead atoms. The second-order valence-corrected chi connectivity index (χ2v) is 5.33. The van der Waals surface area contributed by atoms with Gasteiger partial charge in [0.2, 0.25) is 0 Å². The second kappa shape index (κ2) is 6.76. The van der Waals surface area contributed by atoms with Crippen LogP contribution in [0.1, 0.15) is 24.8 Å². The molecule has 5 nitrogen and oxygen atoms in total. The van der Waals surface area contributed by atoms with Crippen molar-refractivity contribution in [2.45, 2.75) is 25.8 Å². The number of hydrogen-bond acceptors (Lipinski definition) is 4. The van der Waals surface area contributed by atoms with Gasteiger partial charge in [0, 0.05) is 25.8 Å². The third-order valence-corrected chi connectivity index (χ3v) is 3.70. The summed E-state index contributed by atoms with van der Waals surface area (Å²) in [6.45, 7) is 2.46. The maximum atomic E-state index is 13.4.